The second kappa shape index (κ2) is 4.36. The minimum atomic E-state index is -0.761. The number of hydrogen-bond acceptors (Lipinski definition) is 3. The Balaban J connectivity index is 2.75. The Labute approximate surface area is 80.2 Å². The second-order valence-electron chi connectivity index (χ2n) is 2.42. The zero-order valence-electron chi connectivity index (χ0n) is 7.43. The third-order valence-corrected chi connectivity index (χ3v) is 1.47. The Morgan fingerprint density at radius 2 is 2.43 bits per heavy atom. The Kier molecular flexibility index (Phi) is 3.17. The van der Waals surface area contributed by atoms with Crippen molar-refractivity contribution in [2.45, 2.75) is 0 Å². The van der Waals surface area contributed by atoms with Gasteiger partial charge >= 0.3 is 6.09 Å². The summed E-state index contributed by atoms with van der Waals surface area (Å²) >= 11 is 0. The molecule has 5 heteroatoms. The summed E-state index contributed by atoms with van der Waals surface area (Å²) < 4.78 is 16.9. The quantitative estimate of drug-likeness (QED) is 0.524. The van der Waals surface area contributed by atoms with E-state index in [9.17, 15) is 9.18 Å². The van der Waals surface area contributed by atoms with Crippen molar-refractivity contribution in [3.63, 3.8) is 0 Å². The van der Waals surface area contributed by atoms with Crippen molar-refractivity contribution in [3.8, 4) is 0 Å². The highest BCUT2D eigenvalue weighted by atomic mass is 19.1. The summed E-state index contributed by atoms with van der Waals surface area (Å²) in [7, 11) is 1.18. The lowest BCUT2D eigenvalue weighted by atomic mass is 10.2. The molecule has 0 atom stereocenters. The molecule has 0 aromatic heterocycles. The first kappa shape index (κ1) is 10.2. The summed E-state index contributed by atoms with van der Waals surface area (Å²) in [5.41, 5.74) is 0.256. The molecule has 0 spiro atoms. The number of benzene rings is 1. The van der Waals surface area contributed by atoms with Crippen LogP contribution in [0.5, 0.6) is 0 Å². The average molecular weight is 195 g/mol. The molecule has 0 bridgehead atoms. The maximum Gasteiger partial charge on any atom is 0.412 e. The van der Waals surface area contributed by atoms with E-state index in [2.05, 4.69) is 16.1 Å². The second-order valence-corrected chi connectivity index (χ2v) is 2.42. The molecular weight excluding hydrogens is 187 g/mol. The molecule has 2 N–H and O–H groups in total. The summed E-state index contributed by atoms with van der Waals surface area (Å²) in [6, 6.07) is 6.17. The van der Waals surface area contributed by atoms with Crippen molar-refractivity contribution in [1.82, 2.24) is 5.32 Å². The number of halogens is 1. The Bertz CT molecular complexity index is 366. The molecule has 4 nitrogen and oxygen atoms in total. The molecular formula is C9H8FN2O2. The number of carbonyl (C=O) groups excluding carboxylic acids is 1. The highest BCUT2D eigenvalue weighted by Crippen LogP contribution is 2.02. The van der Waals surface area contributed by atoms with E-state index >= 15 is 0 Å². The topological polar surface area (TPSA) is 62.2 Å². The Hall–Kier alpha value is -1.91. The van der Waals surface area contributed by atoms with E-state index in [0.29, 0.717) is 0 Å². The van der Waals surface area contributed by atoms with E-state index in [-0.39, 0.29) is 11.4 Å². The van der Waals surface area contributed by atoms with Gasteiger partial charge in [0.2, 0.25) is 0 Å². The monoisotopic (exact) mass is 195 g/mol. The molecule has 0 saturated carbocycles. The highest BCUT2D eigenvalue weighted by Gasteiger charge is 2.06. The number of methoxy groups -OCH3 is 1. The van der Waals surface area contributed by atoms with Crippen molar-refractivity contribution in [2.24, 2.45) is 0 Å². The number of nitrogens with one attached hydrogen (secondary N) is 2. The van der Waals surface area contributed by atoms with E-state index in [1.807, 2.05) is 0 Å². The van der Waals surface area contributed by atoms with Gasteiger partial charge in [0, 0.05) is 11.6 Å². The molecule has 0 fully saturated rings. The minimum absolute atomic E-state index is 0.218. The van der Waals surface area contributed by atoms with Crippen LogP contribution in [0.4, 0.5) is 9.18 Å². The summed E-state index contributed by atoms with van der Waals surface area (Å²) in [4.78, 5) is 10.7. The zero-order valence-corrected chi connectivity index (χ0v) is 7.43. The van der Waals surface area contributed by atoms with Gasteiger partial charge in [-0.05, 0) is 6.07 Å². The van der Waals surface area contributed by atoms with Crippen LogP contribution in [0.25, 0.3) is 0 Å². The SMILES string of the molecule is COC(=O)NC(=N)c1cc[c]c(F)c1. The van der Waals surface area contributed by atoms with Gasteiger partial charge in [0.25, 0.3) is 0 Å². The van der Waals surface area contributed by atoms with E-state index in [1.165, 1.54) is 19.2 Å². The molecule has 0 aliphatic rings. The molecule has 0 saturated heterocycles. The largest absolute Gasteiger partial charge is 0.453 e. The smallest absolute Gasteiger partial charge is 0.412 e. The molecule has 1 radical (unpaired) electrons. The molecule has 0 aliphatic heterocycles. The fourth-order valence-corrected chi connectivity index (χ4v) is 0.818. The Morgan fingerprint density at radius 1 is 1.71 bits per heavy atom. The van der Waals surface area contributed by atoms with Crippen LogP contribution in [0.2, 0.25) is 0 Å². The van der Waals surface area contributed by atoms with Crippen LogP contribution in [0.1, 0.15) is 5.56 Å². The molecule has 1 aromatic carbocycles. The summed E-state index contributed by atoms with van der Waals surface area (Å²) in [5.74, 6) is -0.802. The number of amides is 1. The molecule has 73 valence electrons. The fourth-order valence-electron chi connectivity index (χ4n) is 0.818. The lowest BCUT2D eigenvalue weighted by Gasteiger charge is -2.04. The fraction of sp³-hybridized carbons (Fsp3) is 0.111. The highest BCUT2D eigenvalue weighted by molar-refractivity contribution is 6.04. The van der Waals surface area contributed by atoms with Gasteiger partial charge in [0.05, 0.1) is 7.11 Å². The zero-order chi connectivity index (χ0) is 10.6. The lowest BCUT2D eigenvalue weighted by molar-refractivity contribution is 0.177. The maximum absolute atomic E-state index is 12.7. The van der Waals surface area contributed by atoms with Gasteiger partial charge in [-0.25, -0.2) is 9.18 Å². The van der Waals surface area contributed by atoms with Crippen molar-refractivity contribution >= 4 is 11.9 Å². The number of ether oxygens (including phenoxy) is 1. The van der Waals surface area contributed by atoms with Crippen LogP contribution in [0.15, 0.2) is 18.2 Å². The normalized spacial score (nSPS) is 9.29. The Morgan fingerprint density at radius 3 is 3.00 bits per heavy atom. The standard InChI is InChI=1S/C9H8FN2O2/c1-14-9(13)12-8(11)6-3-2-4-7(10)5-6/h2-3,5H,1H3,(H2,11,12,13). The van der Waals surface area contributed by atoms with Crippen LogP contribution in [-0.4, -0.2) is 19.0 Å². The van der Waals surface area contributed by atoms with Crippen LogP contribution in [0.3, 0.4) is 0 Å². The molecule has 1 amide bonds. The van der Waals surface area contributed by atoms with E-state index in [0.717, 1.165) is 6.07 Å². The average Bonchev–Trinajstić information content (AvgIpc) is 2.17. The van der Waals surface area contributed by atoms with Crippen molar-refractivity contribution in [1.29, 1.82) is 5.41 Å². The minimum Gasteiger partial charge on any atom is -0.453 e. The van der Waals surface area contributed by atoms with Gasteiger partial charge in [-0.15, -0.1) is 0 Å². The van der Waals surface area contributed by atoms with Crippen LogP contribution in [-0.2, 0) is 4.74 Å². The third kappa shape index (κ3) is 2.55. The summed E-state index contributed by atoms with van der Waals surface area (Å²) in [5, 5.41) is 9.48. The lowest BCUT2D eigenvalue weighted by Crippen LogP contribution is -2.30. The van der Waals surface area contributed by atoms with Gasteiger partial charge in [-0.2, -0.15) is 0 Å². The van der Waals surface area contributed by atoms with Gasteiger partial charge in [0.15, 0.2) is 0 Å². The maximum atomic E-state index is 12.7. The van der Waals surface area contributed by atoms with Crippen LogP contribution < -0.4 is 5.32 Å². The molecule has 1 rings (SSSR count). The van der Waals surface area contributed by atoms with E-state index < -0.39 is 11.9 Å². The summed E-state index contributed by atoms with van der Waals surface area (Å²) in [6.07, 6.45) is -0.761. The number of carbonyl (C=O) groups is 1. The predicted molar refractivity (Wildman–Crippen MR) is 47.6 cm³/mol. The molecule has 1 aromatic rings. The van der Waals surface area contributed by atoms with Crippen LogP contribution >= 0.6 is 0 Å². The third-order valence-electron chi connectivity index (χ3n) is 1.47. The number of hydrogen-bond donors (Lipinski definition) is 2. The predicted octanol–water partition coefficient (Wildman–Crippen LogP) is 1.31. The molecule has 0 aliphatic carbocycles. The van der Waals surface area contributed by atoms with Gasteiger partial charge in [-0.3, -0.25) is 10.7 Å². The van der Waals surface area contributed by atoms with Gasteiger partial charge in [0.1, 0.15) is 11.7 Å². The molecule has 14 heavy (non-hydrogen) atoms. The van der Waals surface area contributed by atoms with Crippen molar-refractivity contribution < 1.29 is 13.9 Å². The molecule has 0 heterocycles. The summed E-state index contributed by atoms with van der Waals surface area (Å²) in [6.45, 7) is 0. The van der Waals surface area contributed by atoms with Crippen molar-refractivity contribution in [3.05, 3.63) is 35.6 Å². The van der Waals surface area contributed by atoms with Gasteiger partial charge in [-0.1, -0.05) is 12.1 Å². The number of alkyl carbamates (subject to hydrolysis) is 1. The molecule has 0 unspecified atom stereocenters. The van der Waals surface area contributed by atoms with Gasteiger partial charge < -0.3 is 4.74 Å². The first-order valence-corrected chi connectivity index (χ1v) is 3.74. The first-order valence-electron chi connectivity index (χ1n) is 3.74. The first-order chi connectivity index (χ1) is 6.63. The van der Waals surface area contributed by atoms with E-state index in [1.54, 1.807) is 0 Å². The number of rotatable bonds is 1. The van der Waals surface area contributed by atoms with Crippen molar-refractivity contribution in [2.75, 3.05) is 7.11 Å². The van der Waals surface area contributed by atoms with E-state index in [4.69, 9.17) is 5.41 Å². The number of amidine groups is 1. The van der Waals surface area contributed by atoms with Crippen LogP contribution in [0, 0.1) is 17.3 Å².